The number of allylic oxidation sites excluding steroid dienone is 3. The molecule has 0 atom stereocenters. The van der Waals surface area contributed by atoms with Gasteiger partial charge in [-0.1, -0.05) is 32.6 Å². The predicted molar refractivity (Wildman–Crippen MR) is 58.1 cm³/mol. The minimum absolute atomic E-state index is 1.05. The van der Waals surface area contributed by atoms with Crippen LogP contribution in [-0.2, 0) is 0 Å². The van der Waals surface area contributed by atoms with E-state index in [-0.39, 0.29) is 0 Å². The van der Waals surface area contributed by atoms with Crippen molar-refractivity contribution in [3.05, 3.63) is 36.6 Å². The molecule has 0 saturated heterocycles. The van der Waals surface area contributed by atoms with E-state index in [4.69, 9.17) is 0 Å². The molecule has 70 valence electrons. The zero-order valence-electron chi connectivity index (χ0n) is 9.02. The summed E-state index contributed by atoms with van der Waals surface area (Å²) in [5, 5.41) is 0. The zero-order chi connectivity index (χ0) is 10.1. The number of hydrogen-bond acceptors (Lipinski definition) is 1. The molecular weight excluding hydrogens is 146 g/mol. The van der Waals surface area contributed by atoms with Crippen LogP contribution in [0, 0.1) is 0 Å². The van der Waals surface area contributed by atoms with Gasteiger partial charge in [0.05, 0.1) is 0 Å². The fourth-order valence-corrected chi connectivity index (χ4v) is 0.623. The molecule has 0 aromatic rings. The molecule has 1 nitrogen and oxygen atoms in total. The molecule has 12 heavy (non-hydrogen) atoms. The molecule has 0 heterocycles. The van der Waals surface area contributed by atoms with Crippen molar-refractivity contribution >= 4 is 0 Å². The standard InChI is InChI=1S/C9H15N.C2H6/c1-6-9(10(4)5)7-8(2)3;1-2/h6-7H,1-2H2,3-5H3;1-2H3/b9-7+;. The van der Waals surface area contributed by atoms with Crippen molar-refractivity contribution in [2.75, 3.05) is 14.1 Å². The Morgan fingerprint density at radius 1 is 1.25 bits per heavy atom. The first kappa shape index (κ1) is 13.6. The fraction of sp³-hybridized carbons (Fsp3) is 0.455. The third kappa shape index (κ3) is 7.13. The van der Waals surface area contributed by atoms with Crippen LogP contribution in [0.3, 0.4) is 0 Å². The molecule has 0 fully saturated rings. The SMILES string of the molecule is C=C/C(=C\C(=C)C)N(C)C.CC. The number of hydrogen-bond donors (Lipinski definition) is 0. The molecule has 0 aromatic carbocycles. The molecule has 0 unspecified atom stereocenters. The van der Waals surface area contributed by atoms with Gasteiger partial charge in [0, 0.05) is 19.8 Å². The summed E-state index contributed by atoms with van der Waals surface area (Å²) in [5.74, 6) is 0. The minimum atomic E-state index is 1.05. The van der Waals surface area contributed by atoms with Gasteiger partial charge in [-0.25, -0.2) is 0 Å². The van der Waals surface area contributed by atoms with Crippen molar-refractivity contribution in [1.29, 1.82) is 0 Å². The second-order valence-electron chi connectivity index (χ2n) is 2.51. The van der Waals surface area contributed by atoms with E-state index in [1.807, 2.05) is 51.9 Å². The average Bonchev–Trinajstić information content (AvgIpc) is 2.03. The maximum absolute atomic E-state index is 3.77. The van der Waals surface area contributed by atoms with Gasteiger partial charge in [-0.05, 0) is 19.1 Å². The molecule has 0 aromatic heterocycles. The van der Waals surface area contributed by atoms with Crippen LogP contribution in [0.1, 0.15) is 20.8 Å². The van der Waals surface area contributed by atoms with Crippen LogP contribution >= 0.6 is 0 Å². The third-order valence-electron chi connectivity index (χ3n) is 1.12. The van der Waals surface area contributed by atoms with Gasteiger partial charge >= 0.3 is 0 Å². The molecule has 0 saturated carbocycles. The Morgan fingerprint density at radius 2 is 1.67 bits per heavy atom. The van der Waals surface area contributed by atoms with Crippen molar-refractivity contribution in [3.63, 3.8) is 0 Å². The maximum atomic E-state index is 3.77. The monoisotopic (exact) mass is 167 g/mol. The Hall–Kier alpha value is -0.980. The molecule has 0 aliphatic carbocycles. The van der Waals surface area contributed by atoms with E-state index in [0.29, 0.717) is 0 Å². The van der Waals surface area contributed by atoms with Crippen molar-refractivity contribution < 1.29 is 0 Å². The first-order valence-electron chi connectivity index (χ1n) is 4.25. The third-order valence-corrected chi connectivity index (χ3v) is 1.12. The van der Waals surface area contributed by atoms with E-state index < -0.39 is 0 Å². The summed E-state index contributed by atoms with van der Waals surface area (Å²) in [7, 11) is 3.97. The van der Waals surface area contributed by atoms with Gasteiger partial charge in [-0.2, -0.15) is 0 Å². The number of nitrogens with zero attached hydrogens (tertiary/aromatic N) is 1. The molecule has 0 aliphatic rings. The van der Waals surface area contributed by atoms with Crippen LogP contribution < -0.4 is 0 Å². The first-order chi connectivity index (χ1) is 5.57. The summed E-state index contributed by atoms with van der Waals surface area (Å²) < 4.78 is 0. The van der Waals surface area contributed by atoms with Crippen molar-refractivity contribution in [2.24, 2.45) is 0 Å². The normalized spacial score (nSPS) is 9.58. The lowest BCUT2D eigenvalue weighted by molar-refractivity contribution is 0.530. The smallest absolute Gasteiger partial charge is 0.0357 e. The number of rotatable bonds is 3. The number of likely N-dealkylation sites (N-methyl/N-ethyl adjacent to an activating group) is 1. The highest BCUT2D eigenvalue weighted by Crippen LogP contribution is 2.02. The van der Waals surface area contributed by atoms with Crippen LogP contribution in [-0.4, -0.2) is 19.0 Å². The van der Waals surface area contributed by atoms with E-state index >= 15 is 0 Å². The fourth-order valence-electron chi connectivity index (χ4n) is 0.623. The van der Waals surface area contributed by atoms with E-state index in [1.54, 1.807) is 0 Å². The van der Waals surface area contributed by atoms with Crippen molar-refractivity contribution in [3.8, 4) is 0 Å². The quantitative estimate of drug-likeness (QED) is 0.583. The Labute approximate surface area is 77.1 Å². The van der Waals surface area contributed by atoms with Gasteiger partial charge in [-0.15, -0.1) is 0 Å². The second kappa shape index (κ2) is 8.12. The lowest BCUT2D eigenvalue weighted by Gasteiger charge is -2.12. The lowest BCUT2D eigenvalue weighted by atomic mass is 10.2. The molecule has 1 heteroatoms. The molecule has 0 radical (unpaired) electrons. The summed E-state index contributed by atoms with van der Waals surface area (Å²) in [6.45, 7) is 13.4. The second-order valence-corrected chi connectivity index (χ2v) is 2.51. The maximum Gasteiger partial charge on any atom is 0.0357 e. The molecule has 0 aliphatic heterocycles. The first-order valence-corrected chi connectivity index (χ1v) is 4.25. The predicted octanol–water partition coefficient (Wildman–Crippen LogP) is 3.22. The summed E-state index contributed by atoms with van der Waals surface area (Å²) in [6, 6.07) is 0. The van der Waals surface area contributed by atoms with Gasteiger partial charge < -0.3 is 4.90 Å². The van der Waals surface area contributed by atoms with Gasteiger partial charge in [0.2, 0.25) is 0 Å². The van der Waals surface area contributed by atoms with E-state index in [0.717, 1.165) is 11.3 Å². The Morgan fingerprint density at radius 3 is 1.75 bits per heavy atom. The molecule has 0 bridgehead atoms. The van der Waals surface area contributed by atoms with Crippen LogP contribution in [0.25, 0.3) is 0 Å². The summed E-state index contributed by atoms with van der Waals surface area (Å²) in [6.07, 6.45) is 3.81. The van der Waals surface area contributed by atoms with Gasteiger partial charge in [-0.3, -0.25) is 0 Å². The van der Waals surface area contributed by atoms with Crippen molar-refractivity contribution in [2.45, 2.75) is 20.8 Å². The lowest BCUT2D eigenvalue weighted by Crippen LogP contribution is -2.08. The van der Waals surface area contributed by atoms with Gasteiger partial charge in [0.25, 0.3) is 0 Å². The highest BCUT2D eigenvalue weighted by Gasteiger charge is 1.91. The molecule has 0 amide bonds. The molecule has 0 spiro atoms. The van der Waals surface area contributed by atoms with Crippen LogP contribution in [0.2, 0.25) is 0 Å². The van der Waals surface area contributed by atoms with E-state index in [1.165, 1.54) is 0 Å². The van der Waals surface area contributed by atoms with E-state index in [2.05, 4.69) is 13.2 Å². The summed E-state index contributed by atoms with van der Waals surface area (Å²) in [4.78, 5) is 2.00. The largest absolute Gasteiger partial charge is 0.378 e. The van der Waals surface area contributed by atoms with Gasteiger partial charge in [0.15, 0.2) is 0 Å². The van der Waals surface area contributed by atoms with Gasteiger partial charge in [0.1, 0.15) is 0 Å². The highest BCUT2D eigenvalue weighted by atomic mass is 15.1. The highest BCUT2D eigenvalue weighted by molar-refractivity contribution is 5.24. The van der Waals surface area contributed by atoms with Crippen molar-refractivity contribution in [1.82, 2.24) is 4.90 Å². The summed E-state index contributed by atoms with van der Waals surface area (Å²) >= 11 is 0. The topological polar surface area (TPSA) is 3.24 Å². The zero-order valence-corrected chi connectivity index (χ0v) is 9.02. The van der Waals surface area contributed by atoms with Crippen LogP contribution in [0.15, 0.2) is 36.6 Å². The Bertz CT molecular complexity index is 164. The summed E-state index contributed by atoms with van der Waals surface area (Å²) in [5.41, 5.74) is 2.14. The van der Waals surface area contributed by atoms with Crippen LogP contribution in [0.5, 0.6) is 0 Å². The average molecular weight is 167 g/mol. The van der Waals surface area contributed by atoms with Crippen LogP contribution in [0.4, 0.5) is 0 Å². The molecular formula is C11H21N. The minimum Gasteiger partial charge on any atom is -0.378 e. The Kier molecular flexibility index (Phi) is 9.20. The molecule has 0 rings (SSSR count). The van der Waals surface area contributed by atoms with E-state index in [9.17, 15) is 0 Å². The molecule has 0 N–H and O–H groups in total. The Balaban J connectivity index is 0.